The first kappa shape index (κ1) is 20.5. The van der Waals surface area contributed by atoms with E-state index < -0.39 is 18.5 Å². The molecule has 0 radical (unpaired) electrons. The monoisotopic (exact) mass is 399 g/mol. The molecule has 29 heavy (non-hydrogen) atoms. The fourth-order valence-corrected chi connectivity index (χ4v) is 3.03. The van der Waals surface area contributed by atoms with Crippen molar-refractivity contribution in [3.8, 4) is 17.2 Å². The molecular formula is C22H25NO6. The number of esters is 1. The van der Waals surface area contributed by atoms with Crippen molar-refractivity contribution in [1.29, 1.82) is 0 Å². The maximum atomic E-state index is 12.0. The van der Waals surface area contributed by atoms with Crippen LogP contribution < -0.4 is 19.5 Å². The first-order valence-corrected chi connectivity index (χ1v) is 9.51. The van der Waals surface area contributed by atoms with Crippen molar-refractivity contribution in [2.75, 3.05) is 31.7 Å². The Hall–Kier alpha value is -3.22. The van der Waals surface area contributed by atoms with E-state index >= 15 is 0 Å². The van der Waals surface area contributed by atoms with Crippen LogP contribution in [-0.4, -0.2) is 38.3 Å². The van der Waals surface area contributed by atoms with Crippen LogP contribution in [0.15, 0.2) is 36.4 Å². The molecule has 0 unspecified atom stereocenters. The fraction of sp³-hybridized carbons (Fsp3) is 0.364. The molecule has 0 saturated carbocycles. The third kappa shape index (κ3) is 5.63. The predicted octanol–water partition coefficient (Wildman–Crippen LogP) is 3.45. The molecule has 1 aliphatic heterocycles. The highest BCUT2D eigenvalue weighted by molar-refractivity contribution is 5.93. The zero-order valence-corrected chi connectivity index (χ0v) is 16.8. The van der Waals surface area contributed by atoms with Crippen LogP contribution in [0.3, 0.4) is 0 Å². The molecule has 0 fully saturated rings. The van der Waals surface area contributed by atoms with Crippen LogP contribution in [0.2, 0.25) is 0 Å². The second-order valence-electron chi connectivity index (χ2n) is 7.03. The molecule has 0 bridgehead atoms. The van der Waals surface area contributed by atoms with Crippen LogP contribution in [0.5, 0.6) is 17.2 Å². The van der Waals surface area contributed by atoms with Crippen molar-refractivity contribution in [3.05, 3.63) is 47.5 Å². The van der Waals surface area contributed by atoms with Crippen molar-refractivity contribution in [2.24, 2.45) is 0 Å². The highest BCUT2D eigenvalue weighted by Gasteiger charge is 2.14. The van der Waals surface area contributed by atoms with E-state index in [0.717, 1.165) is 5.56 Å². The average Bonchev–Trinajstić information content (AvgIpc) is 2.70. The standard InChI is InChI=1S/C22H25NO6/c1-14(2)18-6-5-17(10-15(18)3)28-13-22(25)29-12-21(24)23-16-4-7-19-20(11-16)27-9-8-26-19/h4-7,10-11,14H,8-9,12-13H2,1-3H3,(H,23,24). The van der Waals surface area contributed by atoms with Gasteiger partial charge in [-0.25, -0.2) is 4.79 Å². The lowest BCUT2D eigenvalue weighted by Crippen LogP contribution is -2.24. The fourth-order valence-electron chi connectivity index (χ4n) is 3.03. The summed E-state index contributed by atoms with van der Waals surface area (Å²) in [5.41, 5.74) is 2.87. The molecule has 0 spiro atoms. The molecule has 7 heteroatoms. The van der Waals surface area contributed by atoms with Gasteiger partial charge in [-0.1, -0.05) is 19.9 Å². The van der Waals surface area contributed by atoms with Gasteiger partial charge in [0.1, 0.15) is 19.0 Å². The molecular weight excluding hydrogens is 374 g/mol. The van der Waals surface area contributed by atoms with E-state index in [2.05, 4.69) is 19.2 Å². The minimum absolute atomic E-state index is 0.266. The first-order chi connectivity index (χ1) is 13.9. The van der Waals surface area contributed by atoms with Crippen molar-refractivity contribution in [1.82, 2.24) is 0 Å². The number of amides is 1. The van der Waals surface area contributed by atoms with E-state index in [1.165, 1.54) is 5.56 Å². The summed E-state index contributed by atoms with van der Waals surface area (Å²) in [6, 6.07) is 10.8. The Balaban J connectivity index is 1.43. The molecule has 1 aliphatic rings. The summed E-state index contributed by atoms with van der Waals surface area (Å²) in [7, 11) is 0. The second kappa shape index (κ2) is 9.32. The maximum absolute atomic E-state index is 12.0. The molecule has 1 amide bonds. The molecule has 7 nitrogen and oxygen atoms in total. The van der Waals surface area contributed by atoms with Crippen LogP contribution in [0.25, 0.3) is 0 Å². The summed E-state index contributed by atoms with van der Waals surface area (Å²) in [5.74, 6) is 1.14. The highest BCUT2D eigenvalue weighted by atomic mass is 16.6. The number of hydrogen-bond acceptors (Lipinski definition) is 6. The Labute approximate surface area is 169 Å². The SMILES string of the molecule is Cc1cc(OCC(=O)OCC(=O)Nc2ccc3c(c2)OCCO3)ccc1C(C)C. The van der Waals surface area contributed by atoms with Gasteiger partial charge in [-0.3, -0.25) is 4.79 Å². The number of hydrogen-bond donors (Lipinski definition) is 1. The van der Waals surface area contributed by atoms with Crippen LogP contribution in [0.4, 0.5) is 5.69 Å². The number of carbonyl (C=O) groups excluding carboxylic acids is 2. The minimum atomic E-state index is -0.618. The smallest absolute Gasteiger partial charge is 0.344 e. The molecule has 3 rings (SSSR count). The number of anilines is 1. The van der Waals surface area contributed by atoms with Crippen LogP contribution >= 0.6 is 0 Å². The van der Waals surface area contributed by atoms with Crippen LogP contribution in [0.1, 0.15) is 30.9 Å². The van der Waals surface area contributed by atoms with Crippen molar-refractivity contribution >= 4 is 17.6 Å². The van der Waals surface area contributed by atoms with Crippen molar-refractivity contribution < 1.29 is 28.5 Å². The molecule has 0 atom stereocenters. The summed E-state index contributed by atoms with van der Waals surface area (Å²) in [4.78, 5) is 23.9. The molecule has 2 aromatic rings. The molecule has 1 heterocycles. The van der Waals surface area contributed by atoms with E-state index in [9.17, 15) is 9.59 Å². The Morgan fingerprint density at radius 1 is 1.03 bits per heavy atom. The summed E-state index contributed by atoms with van der Waals surface area (Å²) >= 11 is 0. The van der Waals surface area contributed by atoms with Gasteiger partial charge in [-0.2, -0.15) is 0 Å². The van der Waals surface area contributed by atoms with E-state index in [-0.39, 0.29) is 6.61 Å². The Morgan fingerprint density at radius 3 is 2.52 bits per heavy atom. The minimum Gasteiger partial charge on any atom is -0.486 e. The second-order valence-corrected chi connectivity index (χ2v) is 7.03. The quantitative estimate of drug-likeness (QED) is 0.718. The maximum Gasteiger partial charge on any atom is 0.344 e. The number of carbonyl (C=O) groups is 2. The van der Waals surface area contributed by atoms with Gasteiger partial charge in [-0.15, -0.1) is 0 Å². The van der Waals surface area contributed by atoms with Crippen LogP contribution in [0, 0.1) is 6.92 Å². The van der Waals surface area contributed by atoms with E-state index in [0.29, 0.717) is 42.1 Å². The van der Waals surface area contributed by atoms with Gasteiger partial charge in [0, 0.05) is 11.8 Å². The molecule has 0 saturated heterocycles. The third-order valence-electron chi connectivity index (χ3n) is 4.41. The van der Waals surface area contributed by atoms with Gasteiger partial charge in [0.15, 0.2) is 24.7 Å². The van der Waals surface area contributed by atoms with Crippen molar-refractivity contribution in [2.45, 2.75) is 26.7 Å². The molecule has 154 valence electrons. The lowest BCUT2D eigenvalue weighted by atomic mass is 9.98. The van der Waals surface area contributed by atoms with Gasteiger partial charge in [-0.05, 0) is 48.2 Å². The van der Waals surface area contributed by atoms with Gasteiger partial charge < -0.3 is 24.3 Å². The van der Waals surface area contributed by atoms with E-state index in [1.54, 1.807) is 18.2 Å². The summed E-state index contributed by atoms with van der Waals surface area (Å²) in [6.07, 6.45) is 0. The van der Waals surface area contributed by atoms with Gasteiger partial charge >= 0.3 is 5.97 Å². The predicted molar refractivity (Wildman–Crippen MR) is 108 cm³/mol. The normalized spacial score (nSPS) is 12.4. The van der Waals surface area contributed by atoms with Gasteiger partial charge in [0.25, 0.3) is 5.91 Å². The summed E-state index contributed by atoms with van der Waals surface area (Å²) < 4.78 is 21.3. The van der Waals surface area contributed by atoms with Crippen LogP contribution in [-0.2, 0) is 14.3 Å². The average molecular weight is 399 g/mol. The van der Waals surface area contributed by atoms with Gasteiger partial charge in [0.05, 0.1) is 0 Å². The molecule has 0 aromatic heterocycles. The zero-order valence-electron chi connectivity index (χ0n) is 16.8. The third-order valence-corrected chi connectivity index (χ3v) is 4.41. The summed E-state index contributed by atoms with van der Waals surface area (Å²) in [6.45, 7) is 6.54. The molecule has 0 aliphatic carbocycles. The Bertz CT molecular complexity index is 893. The van der Waals surface area contributed by atoms with Gasteiger partial charge in [0.2, 0.25) is 0 Å². The van der Waals surface area contributed by atoms with Crippen molar-refractivity contribution in [3.63, 3.8) is 0 Å². The Kier molecular flexibility index (Phi) is 6.59. The molecule has 1 N–H and O–H groups in total. The number of nitrogens with one attached hydrogen (secondary N) is 1. The lowest BCUT2D eigenvalue weighted by molar-refractivity contribution is -0.149. The summed E-state index contributed by atoms with van der Waals surface area (Å²) in [5, 5.41) is 2.65. The topological polar surface area (TPSA) is 83.1 Å². The Morgan fingerprint density at radius 2 is 1.79 bits per heavy atom. The number of benzene rings is 2. The first-order valence-electron chi connectivity index (χ1n) is 9.51. The lowest BCUT2D eigenvalue weighted by Gasteiger charge is -2.19. The van der Waals surface area contributed by atoms with E-state index in [1.807, 2.05) is 25.1 Å². The number of rotatable bonds is 7. The largest absolute Gasteiger partial charge is 0.486 e. The highest BCUT2D eigenvalue weighted by Crippen LogP contribution is 2.32. The zero-order chi connectivity index (χ0) is 20.8. The number of aryl methyl sites for hydroxylation is 1. The molecule has 2 aromatic carbocycles. The van der Waals surface area contributed by atoms with E-state index in [4.69, 9.17) is 18.9 Å². The number of ether oxygens (including phenoxy) is 4. The number of fused-ring (bicyclic) bond motifs is 1.